The summed E-state index contributed by atoms with van der Waals surface area (Å²) in [6.45, 7) is 4.24. The van der Waals surface area contributed by atoms with Crippen LogP contribution in [0.4, 0.5) is 0 Å². The van der Waals surface area contributed by atoms with Crippen molar-refractivity contribution in [2.24, 2.45) is 0 Å². The summed E-state index contributed by atoms with van der Waals surface area (Å²) in [5.41, 5.74) is 0. The number of nitrogens with one attached hydrogen (secondary N) is 1. The number of carbonyl (C=O) groups is 1. The highest BCUT2D eigenvalue weighted by Gasteiger charge is 2.09. The van der Waals surface area contributed by atoms with Gasteiger partial charge in [-0.3, -0.25) is 4.79 Å². The van der Waals surface area contributed by atoms with Crippen molar-refractivity contribution in [1.29, 1.82) is 0 Å². The molecule has 0 aromatic carbocycles. The van der Waals surface area contributed by atoms with Gasteiger partial charge in [-0.05, 0) is 40.2 Å². The Morgan fingerprint density at radius 2 is 2.38 bits per heavy atom. The fourth-order valence-corrected chi connectivity index (χ4v) is 2.63. The van der Waals surface area contributed by atoms with Gasteiger partial charge in [0.2, 0.25) is 0 Å². The van der Waals surface area contributed by atoms with Crippen molar-refractivity contribution in [3.05, 3.63) is 20.8 Å². The molecule has 0 aliphatic heterocycles. The summed E-state index contributed by atoms with van der Waals surface area (Å²) < 4.78 is 6.18. The predicted molar refractivity (Wildman–Crippen MR) is 70.1 cm³/mol. The monoisotopic (exact) mass is 305 g/mol. The van der Waals surface area contributed by atoms with Gasteiger partial charge >= 0.3 is 0 Å². The predicted octanol–water partition coefficient (Wildman–Crippen LogP) is 3.06. The first kappa shape index (κ1) is 13.7. The van der Waals surface area contributed by atoms with E-state index in [1.807, 2.05) is 11.4 Å². The quantitative estimate of drug-likeness (QED) is 0.786. The van der Waals surface area contributed by atoms with Gasteiger partial charge in [0.15, 0.2) is 0 Å². The average molecular weight is 306 g/mol. The molecule has 1 amide bonds. The summed E-state index contributed by atoms with van der Waals surface area (Å²) in [6.07, 6.45) is 1.89. The highest BCUT2D eigenvalue weighted by molar-refractivity contribution is 9.10. The average Bonchev–Trinajstić information content (AvgIpc) is 2.69. The van der Waals surface area contributed by atoms with Gasteiger partial charge in [0.25, 0.3) is 5.91 Å². The zero-order chi connectivity index (χ0) is 11.8. The molecule has 0 aliphatic rings. The topological polar surface area (TPSA) is 38.3 Å². The van der Waals surface area contributed by atoms with Crippen LogP contribution < -0.4 is 5.32 Å². The summed E-state index contributed by atoms with van der Waals surface area (Å²) in [6, 6.07) is 1.88. The van der Waals surface area contributed by atoms with Gasteiger partial charge in [-0.15, -0.1) is 11.3 Å². The van der Waals surface area contributed by atoms with Crippen molar-refractivity contribution in [3.8, 4) is 0 Å². The van der Waals surface area contributed by atoms with E-state index in [1.165, 1.54) is 11.3 Å². The van der Waals surface area contributed by atoms with E-state index in [9.17, 15) is 4.79 Å². The minimum absolute atomic E-state index is 0.0163. The van der Waals surface area contributed by atoms with Crippen LogP contribution in [0.15, 0.2) is 15.9 Å². The maximum Gasteiger partial charge on any atom is 0.262 e. The van der Waals surface area contributed by atoms with Gasteiger partial charge in [0, 0.05) is 24.2 Å². The van der Waals surface area contributed by atoms with E-state index in [0.717, 1.165) is 28.8 Å². The van der Waals surface area contributed by atoms with Crippen LogP contribution >= 0.6 is 27.3 Å². The minimum atomic E-state index is -0.0163. The molecule has 1 heterocycles. The Kier molecular flexibility index (Phi) is 6.68. The molecule has 1 aromatic heterocycles. The normalized spacial score (nSPS) is 10.4. The fourth-order valence-electron chi connectivity index (χ4n) is 1.16. The molecule has 0 saturated heterocycles. The van der Waals surface area contributed by atoms with E-state index >= 15 is 0 Å². The van der Waals surface area contributed by atoms with Crippen molar-refractivity contribution in [1.82, 2.24) is 5.32 Å². The van der Waals surface area contributed by atoms with Gasteiger partial charge in [-0.1, -0.05) is 6.92 Å². The number of thiophene rings is 1. The van der Waals surface area contributed by atoms with Gasteiger partial charge < -0.3 is 10.1 Å². The van der Waals surface area contributed by atoms with Crippen LogP contribution in [0.25, 0.3) is 0 Å². The zero-order valence-electron chi connectivity index (χ0n) is 9.29. The Hall–Kier alpha value is -0.390. The highest BCUT2D eigenvalue weighted by Crippen LogP contribution is 2.22. The largest absolute Gasteiger partial charge is 0.381 e. The SMILES string of the molecule is CCCOCCCNC(=O)c1sccc1Br. The molecule has 3 nitrogen and oxygen atoms in total. The molecule has 1 rings (SSSR count). The van der Waals surface area contributed by atoms with Crippen molar-refractivity contribution < 1.29 is 9.53 Å². The number of amides is 1. The van der Waals surface area contributed by atoms with E-state index in [-0.39, 0.29) is 5.91 Å². The van der Waals surface area contributed by atoms with Crippen LogP contribution in [-0.2, 0) is 4.74 Å². The number of ether oxygens (including phenoxy) is 1. The van der Waals surface area contributed by atoms with Crippen LogP contribution in [0.3, 0.4) is 0 Å². The molecule has 1 N–H and O–H groups in total. The van der Waals surface area contributed by atoms with Gasteiger partial charge in [-0.2, -0.15) is 0 Å². The van der Waals surface area contributed by atoms with Crippen LogP contribution in [0, 0.1) is 0 Å². The molecule has 0 aliphatic carbocycles. The van der Waals surface area contributed by atoms with Crippen molar-refractivity contribution in [2.45, 2.75) is 19.8 Å². The third-order valence-electron chi connectivity index (χ3n) is 1.92. The van der Waals surface area contributed by atoms with Crippen LogP contribution in [-0.4, -0.2) is 25.7 Å². The molecule has 0 radical (unpaired) electrons. The minimum Gasteiger partial charge on any atom is -0.381 e. The second kappa shape index (κ2) is 7.81. The Morgan fingerprint density at radius 1 is 1.56 bits per heavy atom. The maximum absolute atomic E-state index is 11.6. The molecule has 1 aromatic rings. The van der Waals surface area contributed by atoms with E-state index in [0.29, 0.717) is 13.2 Å². The molecule has 0 atom stereocenters. The first-order chi connectivity index (χ1) is 7.75. The van der Waals surface area contributed by atoms with E-state index in [2.05, 4.69) is 28.2 Å². The van der Waals surface area contributed by atoms with E-state index < -0.39 is 0 Å². The van der Waals surface area contributed by atoms with Gasteiger partial charge in [-0.25, -0.2) is 0 Å². The highest BCUT2D eigenvalue weighted by atomic mass is 79.9. The standard InChI is InChI=1S/C11H16BrNO2S/c1-2-6-15-7-3-5-13-11(14)10-9(12)4-8-16-10/h4,8H,2-3,5-7H2,1H3,(H,13,14). The lowest BCUT2D eigenvalue weighted by atomic mass is 10.4. The zero-order valence-corrected chi connectivity index (χ0v) is 11.7. The summed E-state index contributed by atoms with van der Waals surface area (Å²) in [5.74, 6) is -0.0163. The Balaban J connectivity index is 2.14. The summed E-state index contributed by atoms with van der Waals surface area (Å²) in [7, 11) is 0. The number of carbonyl (C=O) groups excluding carboxylic acids is 1. The molecule has 0 bridgehead atoms. The molecule has 0 spiro atoms. The molecule has 0 saturated carbocycles. The Bertz CT molecular complexity index is 328. The van der Waals surface area contributed by atoms with Crippen molar-refractivity contribution in [2.75, 3.05) is 19.8 Å². The molecule has 16 heavy (non-hydrogen) atoms. The summed E-state index contributed by atoms with van der Waals surface area (Å²) in [4.78, 5) is 12.4. The molecule has 0 fully saturated rings. The third kappa shape index (κ3) is 4.63. The van der Waals surface area contributed by atoms with Crippen LogP contribution in [0.2, 0.25) is 0 Å². The number of halogens is 1. The van der Waals surface area contributed by atoms with Gasteiger partial charge in [0.1, 0.15) is 4.88 Å². The second-order valence-corrected chi connectivity index (χ2v) is 5.09. The summed E-state index contributed by atoms with van der Waals surface area (Å²) in [5, 5.41) is 4.76. The first-order valence-corrected chi connectivity index (χ1v) is 7.02. The maximum atomic E-state index is 11.6. The lowest BCUT2D eigenvalue weighted by Crippen LogP contribution is -2.24. The van der Waals surface area contributed by atoms with E-state index in [1.54, 1.807) is 0 Å². The number of hydrogen-bond acceptors (Lipinski definition) is 3. The van der Waals surface area contributed by atoms with Crippen LogP contribution in [0.5, 0.6) is 0 Å². The van der Waals surface area contributed by atoms with Gasteiger partial charge in [0.05, 0.1) is 0 Å². The number of rotatable bonds is 7. The van der Waals surface area contributed by atoms with Crippen molar-refractivity contribution in [3.63, 3.8) is 0 Å². The first-order valence-electron chi connectivity index (χ1n) is 5.34. The third-order valence-corrected chi connectivity index (χ3v) is 3.76. The summed E-state index contributed by atoms with van der Waals surface area (Å²) >= 11 is 4.77. The van der Waals surface area contributed by atoms with Crippen molar-refractivity contribution >= 4 is 33.2 Å². The second-order valence-electron chi connectivity index (χ2n) is 3.32. The molecular formula is C11H16BrNO2S. The van der Waals surface area contributed by atoms with Crippen LogP contribution in [0.1, 0.15) is 29.4 Å². The molecule has 0 unspecified atom stereocenters. The lowest BCUT2D eigenvalue weighted by Gasteiger charge is -2.04. The van der Waals surface area contributed by atoms with E-state index in [4.69, 9.17) is 4.74 Å². The lowest BCUT2D eigenvalue weighted by molar-refractivity contribution is 0.0944. The fraction of sp³-hybridized carbons (Fsp3) is 0.545. The Morgan fingerprint density at radius 3 is 3.00 bits per heavy atom. The molecule has 90 valence electrons. The number of hydrogen-bond donors (Lipinski definition) is 1. The molecular weight excluding hydrogens is 290 g/mol. The Labute approximate surface area is 108 Å². The smallest absolute Gasteiger partial charge is 0.262 e. The molecule has 5 heteroatoms.